The lowest BCUT2D eigenvalue weighted by atomic mass is 10.2. The lowest BCUT2D eigenvalue weighted by molar-refractivity contribution is -0.124. The molecule has 23 heavy (non-hydrogen) atoms. The summed E-state index contributed by atoms with van der Waals surface area (Å²) in [5.41, 5.74) is 0.628. The van der Waals surface area contributed by atoms with Crippen LogP contribution in [0.5, 0.6) is 0 Å². The molecule has 0 aromatic carbocycles. The monoisotopic (exact) mass is 352 g/mol. The van der Waals surface area contributed by atoms with Gasteiger partial charge in [-0.2, -0.15) is 0 Å². The van der Waals surface area contributed by atoms with Crippen LogP contribution in [-0.2, 0) is 9.53 Å². The van der Waals surface area contributed by atoms with Crippen LogP contribution < -0.4 is 5.32 Å². The van der Waals surface area contributed by atoms with E-state index in [0.29, 0.717) is 10.6 Å². The van der Waals surface area contributed by atoms with Crippen molar-refractivity contribution in [1.82, 2.24) is 10.3 Å². The van der Waals surface area contributed by atoms with Gasteiger partial charge in [0.25, 0.3) is 5.91 Å². The van der Waals surface area contributed by atoms with Crippen molar-refractivity contribution in [2.45, 2.75) is 39.7 Å². The molecule has 0 fully saturated rings. The van der Waals surface area contributed by atoms with Crippen LogP contribution in [0.4, 0.5) is 0 Å². The van der Waals surface area contributed by atoms with Crippen LogP contribution in [0.3, 0.4) is 0 Å². The van der Waals surface area contributed by atoms with Crippen molar-refractivity contribution in [3.8, 4) is 9.88 Å². The minimum atomic E-state index is -0.499. The highest BCUT2D eigenvalue weighted by Crippen LogP contribution is 2.31. The van der Waals surface area contributed by atoms with Crippen molar-refractivity contribution in [3.63, 3.8) is 0 Å². The quantitative estimate of drug-likeness (QED) is 0.773. The number of thiazole rings is 1. The number of thiophene rings is 1. The molecule has 1 atom stereocenters. The molecule has 0 bridgehead atoms. The maximum atomic E-state index is 12.1. The van der Waals surface area contributed by atoms with E-state index in [1.165, 1.54) is 11.3 Å². The molecule has 0 aliphatic rings. The predicted octanol–water partition coefficient (Wildman–Crippen LogP) is 3.64. The fourth-order valence-electron chi connectivity index (χ4n) is 2.11. The van der Waals surface area contributed by atoms with E-state index in [4.69, 9.17) is 4.74 Å². The Morgan fingerprint density at radius 1 is 1.43 bits per heavy atom. The number of rotatable bonds is 7. The summed E-state index contributed by atoms with van der Waals surface area (Å²) in [5, 5.41) is 5.56. The van der Waals surface area contributed by atoms with Crippen LogP contribution in [0.1, 0.15) is 42.1 Å². The van der Waals surface area contributed by atoms with Gasteiger partial charge in [-0.15, -0.1) is 22.7 Å². The molecule has 124 valence electrons. The summed E-state index contributed by atoms with van der Waals surface area (Å²) in [6, 6.07) is 3.98. The van der Waals surface area contributed by atoms with Gasteiger partial charge in [0, 0.05) is 6.04 Å². The Morgan fingerprint density at radius 2 is 2.22 bits per heavy atom. The second-order valence-corrected chi connectivity index (χ2v) is 7.19. The number of esters is 1. The molecule has 0 saturated carbocycles. The van der Waals surface area contributed by atoms with E-state index >= 15 is 0 Å². The molecule has 0 aliphatic heterocycles. The smallest absolute Gasteiger partial charge is 0.350 e. The maximum Gasteiger partial charge on any atom is 0.350 e. The summed E-state index contributed by atoms with van der Waals surface area (Å²) >= 11 is 2.86. The minimum absolute atomic E-state index is 0.0850. The van der Waals surface area contributed by atoms with E-state index in [0.717, 1.165) is 22.7 Å². The zero-order valence-electron chi connectivity index (χ0n) is 13.4. The largest absolute Gasteiger partial charge is 0.451 e. The SMILES string of the molecule is CCCC(C)NC(=O)COC(=O)c1sc(-c2cccs2)nc1C. The number of amides is 1. The fourth-order valence-corrected chi connectivity index (χ4v) is 3.87. The van der Waals surface area contributed by atoms with Crippen LogP contribution in [-0.4, -0.2) is 29.5 Å². The first-order valence-electron chi connectivity index (χ1n) is 7.49. The Hall–Kier alpha value is -1.73. The standard InChI is InChI=1S/C16H20N2O3S2/c1-4-6-10(2)17-13(19)9-21-16(20)14-11(3)18-15(23-14)12-7-5-8-22-12/h5,7-8,10H,4,6,9H2,1-3H3,(H,17,19). The number of nitrogens with zero attached hydrogens (tertiary/aromatic N) is 1. The predicted molar refractivity (Wildman–Crippen MR) is 93.0 cm³/mol. The molecule has 2 rings (SSSR count). The van der Waals surface area contributed by atoms with Crippen LogP contribution in [0.25, 0.3) is 9.88 Å². The molecule has 0 radical (unpaired) electrons. The van der Waals surface area contributed by atoms with Crippen molar-refractivity contribution < 1.29 is 14.3 Å². The summed E-state index contributed by atoms with van der Waals surface area (Å²) in [7, 11) is 0. The van der Waals surface area contributed by atoms with Gasteiger partial charge >= 0.3 is 5.97 Å². The molecule has 1 amide bonds. The number of nitrogens with one attached hydrogen (secondary N) is 1. The van der Waals surface area contributed by atoms with Gasteiger partial charge in [-0.05, 0) is 31.7 Å². The zero-order valence-corrected chi connectivity index (χ0v) is 15.1. The lowest BCUT2D eigenvalue weighted by Crippen LogP contribution is -2.35. The molecule has 5 nitrogen and oxygen atoms in total. The highest BCUT2D eigenvalue weighted by Gasteiger charge is 2.19. The third kappa shape index (κ3) is 4.87. The van der Waals surface area contributed by atoms with Crippen molar-refractivity contribution in [2.75, 3.05) is 6.61 Å². The van der Waals surface area contributed by atoms with Gasteiger partial charge in [0.05, 0.1) is 10.6 Å². The Bertz CT molecular complexity index is 665. The van der Waals surface area contributed by atoms with Gasteiger partial charge in [-0.25, -0.2) is 9.78 Å². The van der Waals surface area contributed by atoms with Crippen LogP contribution in [0.2, 0.25) is 0 Å². The molecule has 0 aliphatic carbocycles. The van der Waals surface area contributed by atoms with Crippen LogP contribution in [0.15, 0.2) is 17.5 Å². The molecule has 7 heteroatoms. The van der Waals surface area contributed by atoms with E-state index in [1.54, 1.807) is 18.3 Å². The molecule has 2 aromatic heterocycles. The van der Waals surface area contributed by atoms with E-state index < -0.39 is 5.97 Å². The molecule has 0 saturated heterocycles. The first-order chi connectivity index (χ1) is 11.0. The molecule has 1 unspecified atom stereocenters. The third-order valence-electron chi connectivity index (χ3n) is 3.18. The first kappa shape index (κ1) is 17.6. The van der Waals surface area contributed by atoms with Gasteiger partial charge in [-0.3, -0.25) is 4.79 Å². The van der Waals surface area contributed by atoms with Gasteiger partial charge < -0.3 is 10.1 Å². The van der Waals surface area contributed by atoms with E-state index in [9.17, 15) is 9.59 Å². The Kier molecular flexibility index (Phi) is 6.29. The molecule has 2 aromatic rings. The number of hydrogen-bond donors (Lipinski definition) is 1. The number of carbonyl (C=O) groups excluding carboxylic acids is 2. The number of hydrogen-bond acceptors (Lipinski definition) is 6. The third-order valence-corrected chi connectivity index (χ3v) is 5.35. The fraction of sp³-hybridized carbons (Fsp3) is 0.438. The summed E-state index contributed by atoms with van der Waals surface area (Å²) in [6.45, 7) is 5.50. The van der Waals surface area contributed by atoms with Crippen molar-refractivity contribution in [1.29, 1.82) is 0 Å². The van der Waals surface area contributed by atoms with E-state index in [2.05, 4.69) is 17.2 Å². The summed E-state index contributed by atoms with van der Waals surface area (Å²) in [4.78, 5) is 29.7. The number of aryl methyl sites for hydroxylation is 1. The highest BCUT2D eigenvalue weighted by atomic mass is 32.1. The van der Waals surface area contributed by atoms with E-state index in [1.807, 2.05) is 24.4 Å². The van der Waals surface area contributed by atoms with Gasteiger partial charge in [-0.1, -0.05) is 19.4 Å². The second-order valence-electron chi connectivity index (χ2n) is 5.24. The first-order valence-corrected chi connectivity index (χ1v) is 9.18. The second kappa shape index (κ2) is 8.21. The van der Waals surface area contributed by atoms with Crippen LogP contribution in [0, 0.1) is 6.92 Å². The summed E-state index contributed by atoms with van der Waals surface area (Å²) in [6.07, 6.45) is 1.89. The Morgan fingerprint density at radius 3 is 2.87 bits per heavy atom. The number of aromatic nitrogens is 1. The molecular weight excluding hydrogens is 332 g/mol. The Balaban J connectivity index is 1.92. The molecular formula is C16H20N2O3S2. The molecule has 1 N–H and O–H groups in total. The lowest BCUT2D eigenvalue weighted by Gasteiger charge is -2.12. The Labute approximate surface area is 143 Å². The summed E-state index contributed by atoms with van der Waals surface area (Å²) < 4.78 is 5.10. The average molecular weight is 352 g/mol. The molecule has 2 heterocycles. The van der Waals surface area contributed by atoms with Gasteiger partial charge in [0.15, 0.2) is 6.61 Å². The number of carbonyl (C=O) groups is 2. The summed E-state index contributed by atoms with van der Waals surface area (Å²) in [5.74, 6) is -0.777. The topological polar surface area (TPSA) is 68.3 Å². The highest BCUT2D eigenvalue weighted by molar-refractivity contribution is 7.22. The van der Waals surface area contributed by atoms with Crippen molar-refractivity contribution in [2.24, 2.45) is 0 Å². The average Bonchev–Trinajstić information content (AvgIpc) is 3.14. The zero-order chi connectivity index (χ0) is 16.8. The van der Waals surface area contributed by atoms with Gasteiger partial charge in [0.1, 0.15) is 9.88 Å². The van der Waals surface area contributed by atoms with Crippen LogP contribution >= 0.6 is 22.7 Å². The van der Waals surface area contributed by atoms with E-state index in [-0.39, 0.29) is 18.6 Å². The van der Waals surface area contributed by atoms with Gasteiger partial charge in [0.2, 0.25) is 0 Å². The minimum Gasteiger partial charge on any atom is -0.451 e. The van der Waals surface area contributed by atoms with Crippen molar-refractivity contribution in [3.05, 3.63) is 28.1 Å². The van der Waals surface area contributed by atoms with Crippen molar-refractivity contribution >= 4 is 34.6 Å². The maximum absolute atomic E-state index is 12.1. The normalized spacial score (nSPS) is 12.0. The number of ether oxygens (including phenoxy) is 1. The molecule has 0 spiro atoms.